The summed E-state index contributed by atoms with van der Waals surface area (Å²) in [6.07, 6.45) is 1.00. The molecule has 0 saturated carbocycles. The van der Waals surface area contributed by atoms with Crippen LogP contribution >= 0.6 is 11.6 Å². The Labute approximate surface area is 124 Å². The molecule has 1 amide bonds. The van der Waals surface area contributed by atoms with Gasteiger partial charge >= 0.3 is 0 Å². The summed E-state index contributed by atoms with van der Waals surface area (Å²) in [7, 11) is 0. The topological polar surface area (TPSA) is 41.1 Å². The van der Waals surface area contributed by atoms with Crippen molar-refractivity contribution >= 4 is 28.9 Å². The molecule has 104 valence electrons. The highest BCUT2D eigenvalue weighted by molar-refractivity contribution is 6.34. The number of hydrogen-bond acceptors (Lipinski definition) is 2. The fourth-order valence-electron chi connectivity index (χ4n) is 1.85. The van der Waals surface area contributed by atoms with E-state index in [-0.39, 0.29) is 5.91 Å². The third-order valence-corrected chi connectivity index (χ3v) is 3.19. The van der Waals surface area contributed by atoms with Crippen LogP contribution in [0.2, 0.25) is 5.02 Å². The van der Waals surface area contributed by atoms with Crippen LogP contribution in [0.4, 0.5) is 11.4 Å². The Hall–Kier alpha value is -2.00. The molecule has 2 aromatic carbocycles. The summed E-state index contributed by atoms with van der Waals surface area (Å²) < 4.78 is 0. The van der Waals surface area contributed by atoms with Crippen LogP contribution in [0.5, 0.6) is 0 Å². The van der Waals surface area contributed by atoms with Crippen molar-refractivity contribution in [1.29, 1.82) is 0 Å². The second kappa shape index (κ2) is 6.96. The molecule has 0 heterocycles. The minimum atomic E-state index is -0.169. The fraction of sp³-hybridized carbons (Fsp3) is 0.188. The second-order valence-corrected chi connectivity index (χ2v) is 4.81. The van der Waals surface area contributed by atoms with Crippen LogP contribution in [-0.2, 0) is 0 Å². The van der Waals surface area contributed by atoms with Crippen molar-refractivity contribution in [1.82, 2.24) is 0 Å². The van der Waals surface area contributed by atoms with Crippen molar-refractivity contribution in [2.75, 3.05) is 17.2 Å². The number of benzene rings is 2. The molecule has 0 unspecified atom stereocenters. The highest BCUT2D eigenvalue weighted by Gasteiger charge is 2.11. The molecule has 0 radical (unpaired) electrons. The van der Waals surface area contributed by atoms with Gasteiger partial charge in [-0.1, -0.05) is 42.8 Å². The maximum absolute atomic E-state index is 12.3. The van der Waals surface area contributed by atoms with E-state index in [2.05, 4.69) is 17.6 Å². The highest BCUT2D eigenvalue weighted by atomic mass is 35.5. The lowest BCUT2D eigenvalue weighted by atomic mass is 10.1. The molecule has 0 aliphatic carbocycles. The molecule has 0 saturated heterocycles. The van der Waals surface area contributed by atoms with Gasteiger partial charge in [0, 0.05) is 12.2 Å². The Balaban J connectivity index is 2.19. The van der Waals surface area contributed by atoms with E-state index in [9.17, 15) is 4.79 Å². The van der Waals surface area contributed by atoms with Crippen molar-refractivity contribution in [3.05, 3.63) is 59.1 Å². The SMILES string of the molecule is CCCNc1ccccc1C(=O)Nc1ccccc1Cl. The van der Waals surface area contributed by atoms with E-state index in [0.717, 1.165) is 18.7 Å². The summed E-state index contributed by atoms with van der Waals surface area (Å²) in [6.45, 7) is 2.91. The van der Waals surface area contributed by atoms with Crippen molar-refractivity contribution in [2.24, 2.45) is 0 Å². The normalized spacial score (nSPS) is 10.1. The lowest BCUT2D eigenvalue weighted by molar-refractivity contribution is 0.102. The summed E-state index contributed by atoms with van der Waals surface area (Å²) in [4.78, 5) is 12.3. The van der Waals surface area contributed by atoms with Gasteiger partial charge in [0.05, 0.1) is 16.3 Å². The number of amides is 1. The Bertz CT molecular complexity index is 599. The van der Waals surface area contributed by atoms with Crippen LogP contribution in [0.1, 0.15) is 23.7 Å². The second-order valence-electron chi connectivity index (χ2n) is 4.41. The molecule has 0 bridgehead atoms. The highest BCUT2D eigenvalue weighted by Crippen LogP contribution is 2.23. The molecule has 0 aliphatic heterocycles. The Morgan fingerprint density at radius 3 is 2.40 bits per heavy atom. The van der Waals surface area contributed by atoms with Gasteiger partial charge in [0.25, 0.3) is 5.91 Å². The summed E-state index contributed by atoms with van der Waals surface area (Å²) in [5, 5.41) is 6.61. The van der Waals surface area contributed by atoms with Gasteiger partial charge in [0.15, 0.2) is 0 Å². The third-order valence-electron chi connectivity index (χ3n) is 2.86. The van der Waals surface area contributed by atoms with Gasteiger partial charge in [-0.3, -0.25) is 4.79 Å². The maximum atomic E-state index is 12.3. The van der Waals surface area contributed by atoms with E-state index in [4.69, 9.17) is 11.6 Å². The van der Waals surface area contributed by atoms with E-state index in [0.29, 0.717) is 16.3 Å². The molecule has 0 spiro atoms. The first-order chi connectivity index (χ1) is 9.72. The number of anilines is 2. The van der Waals surface area contributed by atoms with Crippen LogP contribution in [0.25, 0.3) is 0 Å². The zero-order valence-corrected chi connectivity index (χ0v) is 12.1. The van der Waals surface area contributed by atoms with E-state index in [1.807, 2.05) is 30.3 Å². The van der Waals surface area contributed by atoms with E-state index in [1.165, 1.54) is 0 Å². The predicted octanol–water partition coefficient (Wildman–Crippen LogP) is 4.41. The van der Waals surface area contributed by atoms with E-state index < -0.39 is 0 Å². The number of nitrogens with one attached hydrogen (secondary N) is 2. The van der Waals surface area contributed by atoms with Crippen molar-refractivity contribution in [2.45, 2.75) is 13.3 Å². The molecule has 2 aromatic rings. The number of para-hydroxylation sites is 2. The molecule has 0 atom stereocenters. The molecule has 2 rings (SSSR count). The molecular weight excluding hydrogens is 272 g/mol. The minimum absolute atomic E-state index is 0.169. The van der Waals surface area contributed by atoms with Gasteiger partial charge in [-0.05, 0) is 30.7 Å². The molecule has 3 nitrogen and oxygen atoms in total. The van der Waals surface area contributed by atoms with Gasteiger partial charge < -0.3 is 10.6 Å². The van der Waals surface area contributed by atoms with Gasteiger partial charge in [0.2, 0.25) is 0 Å². The summed E-state index contributed by atoms with van der Waals surface area (Å²) >= 11 is 6.05. The van der Waals surface area contributed by atoms with Crippen LogP contribution in [0, 0.1) is 0 Å². The number of carbonyl (C=O) groups is 1. The van der Waals surface area contributed by atoms with Gasteiger partial charge in [-0.15, -0.1) is 0 Å². The molecule has 0 fully saturated rings. The average molecular weight is 289 g/mol. The Morgan fingerprint density at radius 2 is 1.70 bits per heavy atom. The minimum Gasteiger partial charge on any atom is -0.384 e. The van der Waals surface area contributed by atoms with E-state index in [1.54, 1.807) is 18.2 Å². The first kappa shape index (κ1) is 14.4. The smallest absolute Gasteiger partial charge is 0.257 e. The molecule has 20 heavy (non-hydrogen) atoms. The quantitative estimate of drug-likeness (QED) is 0.855. The van der Waals surface area contributed by atoms with Gasteiger partial charge in [-0.25, -0.2) is 0 Å². The molecule has 4 heteroatoms. The first-order valence-electron chi connectivity index (χ1n) is 6.61. The van der Waals surface area contributed by atoms with Gasteiger partial charge in [0.1, 0.15) is 0 Å². The van der Waals surface area contributed by atoms with Crippen molar-refractivity contribution in [3.8, 4) is 0 Å². The number of halogens is 1. The average Bonchev–Trinajstić information content (AvgIpc) is 2.47. The molecular formula is C16H17ClN2O. The van der Waals surface area contributed by atoms with Crippen LogP contribution in [0.15, 0.2) is 48.5 Å². The number of rotatable bonds is 5. The maximum Gasteiger partial charge on any atom is 0.257 e. The summed E-state index contributed by atoms with van der Waals surface area (Å²) in [5.41, 5.74) is 2.06. The monoisotopic (exact) mass is 288 g/mol. The summed E-state index contributed by atoms with van der Waals surface area (Å²) in [5.74, 6) is -0.169. The van der Waals surface area contributed by atoms with Crippen LogP contribution < -0.4 is 10.6 Å². The van der Waals surface area contributed by atoms with E-state index >= 15 is 0 Å². The Morgan fingerprint density at radius 1 is 1.05 bits per heavy atom. The Kier molecular flexibility index (Phi) is 5.02. The largest absolute Gasteiger partial charge is 0.384 e. The first-order valence-corrected chi connectivity index (χ1v) is 6.99. The summed E-state index contributed by atoms with van der Waals surface area (Å²) in [6, 6.07) is 14.6. The van der Waals surface area contributed by atoms with Gasteiger partial charge in [-0.2, -0.15) is 0 Å². The fourth-order valence-corrected chi connectivity index (χ4v) is 2.03. The van der Waals surface area contributed by atoms with Crippen LogP contribution in [-0.4, -0.2) is 12.5 Å². The lowest BCUT2D eigenvalue weighted by Crippen LogP contribution is -2.15. The third kappa shape index (κ3) is 3.52. The predicted molar refractivity (Wildman–Crippen MR) is 84.6 cm³/mol. The van der Waals surface area contributed by atoms with Crippen molar-refractivity contribution in [3.63, 3.8) is 0 Å². The molecule has 0 aliphatic rings. The number of hydrogen-bond donors (Lipinski definition) is 2. The number of carbonyl (C=O) groups excluding carboxylic acids is 1. The molecule has 0 aromatic heterocycles. The lowest BCUT2D eigenvalue weighted by Gasteiger charge is -2.12. The zero-order chi connectivity index (χ0) is 14.4. The van der Waals surface area contributed by atoms with Crippen molar-refractivity contribution < 1.29 is 4.79 Å². The zero-order valence-electron chi connectivity index (χ0n) is 11.3. The standard InChI is InChI=1S/C16H17ClN2O/c1-2-11-18-14-9-5-3-7-12(14)16(20)19-15-10-6-4-8-13(15)17/h3-10,18H,2,11H2,1H3,(H,19,20). The molecule has 2 N–H and O–H groups in total. The van der Waals surface area contributed by atoms with Crippen LogP contribution in [0.3, 0.4) is 0 Å².